The molecular formula is C12H10F2N2O4. The SMILES string of the molecule is O=C1CC[C@H](C(=O)Nc2cc(C(=O)O)c(F)cc2F)N1. The third-order valence-electron chi connectivity index (χ3n) is 2.86. The second-order valence-corrected chi connectivity index (χ2v) is 4.27. The van der Waals surface area contributed by atoms with Gasteiger partial charge in [0, 0.05) is 12.5 Å². The summed E-state index contributed by atoms with van der Waals surface area (Å²) >= 11 is 0. The zero-order valence-electron chi connectivity index (χ0n) is 10.1. The molecule has 1 heterocycles. The molecule has 2 rings (SSSR count). The largest absolute Gasteiger partial charge is 0.478 e. The number of carboxylic acids is 1. The van der Waals surface area contributed by atoms with Crippen LogP contribution < -0.4 is 10.6 Å². The van der Waals surface area contributed by atoms with Gasteiger partial charge in [0.15, 0.2) is 0 Å². The van der Waals surface area contributed by atoms with Crippen molar-refractivity contribution in [3.63, 3.8) is 0 Å². The van der Waals surface area contributed by atoms with E-state index in [0.717, 1.165) is 0 Å². The van der Waals surface area contributed by atoms with E-state index in [-0.39, 0.29) is 18.7 Å². The lowest BCUT2D eigenvalue weighted by molar-refractivity contribution is -0.122. The van der Waals surface area contributed by atoms with E-state index in [1.165, 1.54) is 0 Å². The maximum absolute atomic E-state index is 13.5. The van der Waals surface area contributed by atoms with Crippen molar-refractivity contribution < 1.29 is 28.3 Å². The zero-order chi connectivity index (χ0) is 14.9. The molecule has 8 heteroatoms. The molecule has 0 aromatic heterocycles. The molecule has 1 aliphatic heterocycles. The number of carbonyl (C=O) groups is 3. The smallest absolute Gasteiger partial charge is 0.338 e. The highest BCUT2D eigenvalue weighted by Crippen LogP contribution is 2.20. The standard InChI is InChI=1S/C12H10F2N2O4/c13-6-4-7(14)9(3-5(6)12(19)20)16-11(18)8-1-2-10(17)15-8/h3-4,8H,1-2H2,(H,15,17)(H,16,18)(H,19,20)/t8-/m1/s1. The van der Waals surface area contributed by atoms with E-state index in [1.807, 2.05) is 0 Å². The van der Waals surface area contributed by atoms with Crippen LogP contribution in [-0.4, -0.2) is 28.9 Å². The van der Waals surface area contributed by atoms with Crippen LogP contribution in [0.3, 0.4) is 0 Å². The lowest BCUT2D eigenvalue weighted by atomic mass is 10.1. The Kier molecular flexibility index (Phi) is 3.64. The number of nitrogens with one attached hydrogen (secondary N) is 2. The van der Waals surface area contributed by atoms with Gasteiger partial charge in [-0.3, -0.25) is 9.59 Å². The molecule has 2 amide bonds. The van der Waals surface area contributed by atoms with Gasteiger partial charge in [0.2, 0.25) is 11.8 Å². The molecule has 106 valence electrons. The maximum atomic E-state index is 13.5. The summed E-state index contributed by atoms with van der Waals surface area (Å²) in [6.07, 6.45) is 0.448. The first-order valence-corrected chi connectivity index (χ1v) is 5.71. The number of benzene rings is 1. The van der Waals surface area contributed by atoms with Crippen LogP contribution in [0.5, 0.6) is 0 Å². The van der Waals surface area contributed by atoms with Crippen LogP contribution in [0, 0.1) is 11.6 Å². The van der Waals surface area contributed by atoms with E-state index in [9.17, 15) is 23.2 Å². The van der Waals surface area contributed by atoms with Gasteiger partial charge in [-0.25, -0.2) is 13.6 Å². The van der Waals surface area contributed by atoms with Gasteiger partial charge in [0.05, 0.1) is 11.3 Å². The van der Waals surface area contributed by atoms with Gasteiger partial charge in [0.25, 0.3) is 0 Å². The van der Waals surface area contributed by atoms with E-state index in [0.29, 0.717) is 12.1 Å². The monoisotopic (exact) mass is 284 g/mol. The Balaban J connectivity index is 2.20. The quantitative estimate of drug-likeness (QED) is 0.767. The number of aromatic carboxylic acids is 1. The van der Waals surface area contributed by atoms with Gasteiger partial charge >= 0.3 is 5.97 Å². The summed E-state index contributed by atoms with van der Waals surface area (Å²) in [5, 5.41) is 13.2. The molecule has 1 atom stereocenters. The third-order valence-corrected chi connectivity index (χ3v) is 2.86. The molecule has 1 aromatic carbocycles. The highest BCUT2D eigenvalue weighted by atomic mass is 19.1. The summed E-state index contributed by atoms with van der Waals surface area (Å²) in [6, 6.07) is 0.272. The van der Waals surface area contributed by atoms with E-state index in [1.54, 1.807) is 0 Å². The molecular weight excluding hydrogens is 274 g/mol. The van der Waals surface area contributed by atoms with Gasteiger partial charge in [-0.1, -0.05) is 0 Å². The first-order chi connectivity index (χ1) is 9.38. The van der Waals surface area contributed by atoms with Gasteiger partial charge in [-0.15, -0.1) is 0 Å². The minimum absolute atomic E-state index is 0.185. The molecule has 0 spiro atoms. The number of hydrogen-bond donors (Lipinski definition) is 3. The number of halogens is 2. The first kappa shape index (κ1) is 13.9. The number of hydrogen-bond acceptors (Lipinski definition) is 3. The molecule has 1 fully saturated rings. The van der Waals surface area contributed by atoms with Crippen molar-refractivity contribution in [2.24, 2.45) is 0 Å². The normalized spacial score (nSPS) is 17.7. The molecule has 1 saturated heterocycles. The fraction of sp³-hybridized carbons (Fsp3) is 0.250. The molecule has 1 aliphatic rings. The predicted octanol–water partition coefficient (Wildman–Crippen LogP) is 0.880. The van der Waals surface area contributed by atoms with Crippen molar-refractivity contribution in [1.29, 1.82) is 0 Å². The van der Waals surface area contributed by atoms with Crippen LogP contribution in [-0.2, 0) is 9.59 Å². The van der Waals surface area contributed by atoms with Crippen molar-refractivity contribution >= 4 is 23.5 Å². The molecule has 1 aromatic rings. The molecule has 0 bridgehead atoms. The number of carbonyl (C=O) groups excluding carboxylic acids is 2. The average Bonchev–Trinajstić information content (AvgIpc) is 2.79. The Morgan fingerprint density at radius 1 is 1.30 bits per heavy atom. The maximum Gasteiger partial charge on any atom is 0.338 e. The van der Waals surface area contributed by atoms with E-state index < -0.39 is 40.8 Å². The van der Waals surface area contributed by atoms with Crippen molar-refractivity contribution in [3.05, 3.63) is 29.3 Å². The highest BCUT2D eigenvalue weighted by molar-refractivity contribution is 6.00. The molecule has 20 heavy (non-hydrogen) atoms. The van der Waals surface area contributed by atoms with Gasteiger partial charge < -0.3 is 15.7 Å². The fourth-order valence-corrected chi connectivity index (χ4v) is 1.84. The number of anilines is 1. The number of amides is 2. The average molecular weight is 284 g/mol. The molecule has 0 aliphatic carbocycles. The fourth-order valence-electron chi connectivity index (χ4n) is 1.84. The van der Waals surface area contributed by atoms with E-state index >= 15 is 0 Å². The minimum atomic E-state index is -1.58. The van der Waals surface area contributed by atoms with E-state index in [4.69, 9.17) is 5.11 Å². The van der Waals surface area contributed by atoms with Crippen LogP contribution in [0.2, 0.25) is 0 Å². The van der Waals surface area contributed by atoms with Crippen molar-refractivity contribution in [2.75, 3.05) is 5.32 Å². The summed E-state index contributed by atoms with van der Waals surface area (Å²) in [7, 11) is 0. The van der Waals surface area contributed by atoms with Crippen LogP contribution in [0.1, 0.15) is 23.2 Å². The summed E-state index contributed by atoms with van der Waals surface area (Å²) in [6.45, 7) is 0. The van der Waals surface area contributed by atoms with Crippen LogP contribution in [0.25, 0.3) is 0 Å². The van der Waals surface area contributed by atoms with Gasteiger partial charge in [0.1, 0.15) is 17.7 Å². The Labute approximate surface area is 111 Å². The van der Waals surface area contributed by atoms with E-state index in [2.05, 4.69) is 10.6 Å². The van der Waals surface area contributed by atoms with Crippen LogP contribution in [0.4, 0.5) is 14.5 Å². The lowest BCUT2D eigenvalue weighted by Gasteiger charge is -2.12. The number of rotatable bonds is 3. The van der Waals surface area contributed by atoms with Gasteiger partial charge in [-0.05, 0) is 12.5 Å². The Hall–Kier alpha value is -2.51. The van der Waals surface area contributed by atoms with Crippen LogP contribution >= 0.6 is 0 Å². The number of carboxylic acid groups (broad SMARTS) is 1. The topological polar surface area (TPSA) is 95.5 Å². The molecule has 6 nitrogen and oxygen atoms in total. The highest BCUT2D eigenvalue weighted by Gasteiger charge is 2.28. The molecule has 0 radical (unpaired) electrons. The summed E-state index contributed by atoms with van der Waals surface area (Å²) in [5.41, 5.74) is -1.20. The second-order valence-electron chi connectivity index (χ2n) is 4.27. The summed E-state index contributed by atoms with van der Waals surface area (Å²) < 4.78 is 26.7. The summed E-state index contributed by atoms with van der Waals surface area (Å²) in [5.74, 6) is -4.88. The van der Waals surface area contributed by atoms with Gasteiger partial charge in [-0.2, -0.15) is 0 Å². The van der Waals surface area contributed by atoms with Crippen molar-refractivity contribution in [2.45, 2.75) is 18.9 Å². The summed E-state index contributed by atoms with van der Waals surface area (Å²) in [4.78, 5) is 33.5. The van der Waals surface area contributed by atoms with Crippen molar-refractivity contribution in [3.8, 4) is 0 Å². The zero-order valence-corrected chi connectivity index (χ0v) is 10.1. The molecule has 0 unspecified atom stereocenters. The lowest BCUT2D eigenvalue weighted by Crippen LogP contribution is -2.37. The molecule has 0 saturated carbocycles. The molecule has 3 N–H and O–H groups in total. The van der Waals surface area contributed by atoms with Crippen molar-refractivity contribution in [1.82, 2.24) is 5.32 Å². The predicted molar refractivity (Wildman–Crippen MR) is 63.1 cm³/mol. The first-order valence-electron chi connectivity index (χ1n) is 5.71. The Morgan fingerprint density at radius 2 is 2.00 bits per heavy atom. The minimum Gasteiger partial charge on any atom is -0.478 e. The Morgan fingerprint density at radius 3 is 2.55 bits per heavy atom. The third kappa shape index (κ3) is 2.73. The Bertz CT molecular complexity index is 603. The second kappa shape index (κ2) is 5.24. The van der Waals surface area contributed by atoms with Crippen LogP contribution in [0.15, 0.2) is 12.1 Å².